The van der Waals surface area contributed by atoms with Crippen molar-refractivity contribution in [1.29, 1.82) is 0 Å². The molecule has 146 valence electrons. The van der Waals surface area contributed by atoms with Crippen LogP contribution in [0.1, 0.15) is 0 Å². The number of rotatable bonds is 5. The number of aromatic amines is 1. The number of fused-ring (bicyclic) bond motifs is 1. The summed E-state index contributed by atoms with van der Waals surface area (Å²) >= 11 is 6.97. The van der Waals surface area contributed by atoms with Gasteiger partial charge in [0.1, 0.15) is 11.2 Å². The lowest BCUT2D eigenvalue weighted by molar-refractivity contribution is -0.113. The van der Waals surface area contributed by atoms with Crippen molar-refractivity contribution in [2.24, 2.45) is 0 Å². The van der Waals surface area contributed by atoms with Gasteiger partial charge in [0.25, 0.3) is 5.56 Å². The summed E-state index contributed by atoms with van der Waals surface area (Å²) in [7, 11) is 0. The highest BCUT2D eigenvalue weighted by Gasteiger charge is 2.13. The molecule has 7 nitrogen and oxygen atoms in total. The van der Waals surface area contributed by atoms with Gasteiger partial charge >= 0.3 is 0 Å². The van der Waals surface area contributed by atoms with Gasteiger partial charge in [-0.25, -0.2) is 14.1 Å². The van der Waals surface area contributed by atoms with E-state index in [0.717, 1.165) is 23.5 Å². The largest absolute Gasteiger partial charge is 0.324 e. The average molecular weight is 430 g/mol. The van der Waals surface area contributed by atoms with Gasteiger partial charge in [-0.05, 0) is 30.3 Å². The van der Waals surface area contributed by atoms with Crippen LogP contribution in [0.15, 0.2) is 64.7 Å². The Hall–Kier alpha value is -3.17. The first-order valence-corrected chi connectivity index (χ1v) is 9.79. The second-order valence-electron chi connectivity index (χ2n) is 5.96. The fourth-order valence-corrected chi connectivity index (χ4v) is 3.51. The highest BCUT2D eigenvalue weighted by Crippen LogP contribution is 2.23. The van der Waals surface area contributed by atoms with Crippen molar-refractivity contribution in [3.63, 3.8) is 0 Å². The van der Waals surface area contributed by atoms with Crippen LogP contribution in [0, 0.1) is 5.82 Å². The first-order valence-electron chi connectivity index (χ1n) is 8.42. The SMILES string of the molecule is O=C(CSc1nc2c(cnn2-c2ccccc2)c(=O)[nH]1)Nc1ccc(F)cc1Cl. The van der Waals surface area contributed by atoms with Crippen LogP contribution in [0.25, 0.3) is 16.7 Å². The number of halogens is 2. The van der Waals surface area contributed by atoms with Gasteiger partial charge in [-0.3, -0.25) is 9.59 Å². The maximum Gasteiger partial charge on any atom is 0.262 e. The molecule has 0 aliphatic heterocycles. The van der Waals surface area contributed by atoms with Crippen LogP contribution < -0.4 is 10.9 Å². The third-order valence-electron chi connectivity index (χ3n) is 3.96. The Kier molecular flexibility index (Phi) is 5.32. The zero-order valence-electron chi connectivity index (χ0n) is 14.7. The zero-order chi connectivity index (χ0) is 20.4. The summed E-state index contributed by atoms with van der Waals surface area (Å²) in [6.45, 7) is 0. The molecule has 4 rings (SSSR count). The van der Waals surface area contributed by atoms with Crippen LogP contribution in [-0.4, -0.2) is 31.4 Å². The summed E-state index contributed by atoms with van der Waals surface area (Å²) in [5, 5.41) is 7.56. The van der Waals surface area contributed by atoms with Crippen LogP contribution in [-0.2, 0) is 4.79 Å². The highest BCUT2D eigenvalue weighted by atomic mass is 35.5. The standard InChI is InChI=1S/C19H13ClFN5O2S/c20-14-8-11(21)6-7-15(14)23-16(27)10-29-19-24-17-13(18(28)25-19)9-22-26(17)12-4-2-1-3-5-12/h1-9H,10H2,(H,23,27)(H,24,25,28). The predicted octanol–water partition coefficient (Wildman–Crippen LogP) is 3.63. The number of benzene rings is 2. The van der Waals surface area contributed by atoms with E-state index in [4.69, 9.17) is 11.6 Å². The molecule has 4 aromatic rings. The van der Waals surface area contributed by atoms with E-state index in [1.54, 1.807) is 4.68 Å². The molecule has 0 atom stereocenters. The topological polar surface area (TPSA) is 92.7 Å². The van der Waals surface area contributed by atoms with Gasteiger partial charge in [-0.2, -0.15) is 5.10 Å². The first-order chi connectivity index (χ1) is 14.0. The van der Waals surface area contributed by atoms with Crippen molar-refractivity contribution in [1.82, 2.24) is 19.7 Å². The second-order valence-corrected chi connectivity index (χ2v) is 7.33. The molecule has 2 N–H and O–H groups in total. The number of para-hydroxylation sites is 1. The van der Waals surface area contributed by atoms with Crippen LogP contribution in [0.2, 0.25) is 5.02 Å². The zero-order valence-corrected chi connectivity index (χ0v) is 16.3. The number of nitrogens with one attached hydrogen (secondary N) is 2. The molecule has 2 aromatic heterocycles. The molecule has 0 aliphatic rings. The van der Waals surface area contributed by atoms with Crippen molar-refractivity contribution in [3.05, 3.63) is 75.9 Å². The van der Waals surface area contributed by atoms with Crippen LogP contribution in [0.3, 0.4) is 0 Å². The monoisotopic (exact) mass is 429 g/mol. The fourth-order valence-electron chi connectivity index (χ4n) is 2.64. The average Bonchev–Trinajstić information content (AvgIpc) is 3.14. The quantitative estimate of drug-likeness (QED) is 0.373. The maximum atomic E-state index is 13.1. The Balaban J connectivity index is 1.54. The van der Waals surface area contributed by atoms with Gasteiger partial charge in [-0.15, -0.1) is 0 Å². The third-order valence-corrected chi connectivity index (χ3v) is 5.15. The Morgan fingerprint density at radius 2 is 2.03 bits per heavy atom. The van der Waals surface area contributed by atoms with Crippen molar-refractivity contribution < 1.29 is 9.18 Å². The minimum absolute atomic E-state index is 0.0262. The van der Waals surface area contributed by atoms with E-state index >= 15 is 0 Å². The van der Waals surface area contributed by atoms with Crippen molar-refractivity contribution in [2.75, 3.05) is 11.1 Å². The van der Waals surface area contributed by atoms with E-state index in [9.17, 15) is 14.0 Å². The lowest BCUT2D eigenvalue weighted by Gasteiger charge is -2.07. The molecule has 2 heterocycles. The summed E-state index contributed by atoms with van der Waals surface area (Å²) in [6.07, 6.45) is 1.45. The summed E-state index contributed by atoms with van der Waals surface area (Å²) in [5.74, 6) is -0.892. The molecule has 0 spiro atoms. The van der Waals surface area contributed by atoms with Crippen LogP contribution in [0.5, 0.6) is 0 Å². The number of hydrogen-bond acceptors (Lipinski definition) is 5. The first kappa shape index (κ1) is 19.2. The molecule has 10 heteroatoms. The van der Waals surface area contributed by atoms with Crippen molar-refractivity contribution in [2.45, 2.75) is 5.16 Å². The Morgan fingerprint density at radius 1 is 1.24 bits per heavy atom. The van der Waals surface area contributed by atoms with E-state index in [-0.39, 0.29) is 27.4 Å². The van der Waals surface area contributed by atoms with Gasteiger partial charge in [0.15, 0.2) is 10.8 Å². The summed E-state index contributed by atoms with van der Waals surface area (Å²) in [5.41, 5.74) is 1.11. The number of thioether (sulfide) groups is 1. The third kappa shape index (κ3) is 4.15. The normalized spacial score (nSPS) is 11.0. The molecular formula is C19H13ClFN5O2S. The van der Waals surface area contributed by atoms with Crippen molar-refractivity contribution >= 4 is 46.0 Å². The van der Waals surface area contributed by atoms with Crippen LogP contribution in [0.4, 0.5) is 10.1 Å². The number of carbonyl (C=O) groups is 1. The van der Waals surface area contributed by atoms with E-state index < -0.39 is 5.82 Å². The van der Waals surface area contributed by atoms with E-state index in [1.165, 1.54) is 18.3 Å². The lowest BCUT2D eigenvalue weighted by Crippen LogP contribution is -2.16. The predicted molar refractivity (Wildman–Crippen MR) is 110 cm³/mol. The van der Waals surface area contributed by atoms with E-state index in [1.807, 2.05) is 30.3 Å². The molecule has 29 heavy (non-hydrogen) atoms. The second kappa shape index (κ2) is 8.06. The molecule has 1 amide bonds. The minimum atomic E-state index is -0.493. The number of H-pyrrole nitrogens is 1. The summed E-state index contributed by atoms with van der Waals surface area (Å²) in [6, 6.07) is 13.0. The smallest absolute Gasteiger partial charge is 0.262 e. The minimum Gasteiger partial charge on any atom is -0.324 e. The molecule has 0 bridgehead atoms. The number of aromatic nitrogens is 4. The Bertz CT molecular complexity index is 1260. The van der Waals surface area contributed by atoms with E-state index in [0.29, 0.717) is 16.7 Å². The lowest BCUT2D eigenvalue weighted by atomic mass is 10.3. The molecule has 2 aromatic carbocycles. The number of carbonyl (C=O) groups excluding carboxylic acids is 1. The Morgan fingerprint density at radius 3 is 2.79 bits per heavy atom. The van der Waals surface area contributed by atoms with E-state index in [2.05, 4.69) is 20.4 Å². The molecule has 0 unspecified atom stereocenters. The van der Waals surface area contributed by atoms with Gasteiger partial charge < -0.3 is 10.3 Å². The number of hydrogen-bond donors (Lipinski definition) is 2. The Labute approximate surface area is 172 Å². The number of nitrogens with zero attached hydrogens (tertiary/aromatic N) is 3. The molecule has 0 radical (unpaired) electrons. The number of amides is 1. The summed E-state index contributed by atoms with van der Waals surface area (Å²) < 4.78 is 14.7. The highest BCUT2D eigenvalue weighted by molar-refractivity contribution is 7.99. The van der Waals surface area contributed by atoms with Gasteiger partial charge in [-0.1, -0.05) is 41.6 Å². The van der Waals surface area contributed by atoms with Crippen molar-refractivity contribution in [3.8, 4) is 5.69 Å². The molecule has 0 aliphatic carbocycles. The fraction of sp³-hybridized carbons (Fsp3) is 0.0526. The summed E-state index contributed by atoms with van der Waals surface area (Å²) in [4.78, 5) is 31.6. The molecule has 0 saturated heterocycles. The molecular weight excluding hydrogens is 417 g/mol. The molecule has 0 fully saturated rings. The molecule has 0 saturated carbocycles. The van der Waals surface area contributed by atoms with Gasteiger partial charge in [0.2, 0.25) is 5.91 Å². The number of anilines is 1. The van der Waals surface area contributed by atoms with Gasteiger partial charge in [0, 0.05) is 0 Å². The van der Waals surface area contributed by atoms with Gasteiger partial charge in [0.05, 0.1) is 28.3 Å². The van der Waals surface area contributed by atoms with Crippen LogP contribution >= 0.6 is 23.4 Å². The maximum absolute atomic E-state index is 13.1.